The Kier molecular flexibility index (Phi) is 3.23. The maximum atomic E-state index is 12.9. The lowest BCUT2D eigenvalue weighted by atomic mass is 10.2. The van der Waals surface area contributed by atoms with Gasteiger partial charge in [-0.3, -0.25) is 4.79 Å². The minimum Gasteiger partial charge on any atom is -0.397 e. The number of halogens is 1. The van der Waals surface area contributed by atoms with Crippen LogP contribution in [0.15, 0.2) is 36.5 Å². The van der Waals surface area contributed by atoms with Crippen molar-refractivity contribution < 1.29 is 9.18 Å². The fourth-order valence-corrected chi connectivity index (χ4v) is 1.56. The van der Waals surface area contributed by atoms with Crippen molar-refractivity contribution in [3.05, 3.63) is 53.6 Å². The van der Waals surface area contributed by atoms with Gasteiger partial charge in [0.15, 0.2) is 5.69 Å². The number of hydrogen-bond donors (Lipinski definition) is 2. The molecule has 2 rings (SSSR count). The third-order valence-corrected chi connectivity index (χ3v) is 2.49. The van der Waals surface area contributed by atoms with Crippen LogP contribution >= 0.6 is 0 Å². The summed E-state index contributed by atoms with van der Waals surface area (Å²) in [5.41, 5.74) is 7.28. The van der Waals surface area contributed by atoms with Crippen molar-refractivity contribution in [3.8, 4) is 0 Å². The Bertz CT molecular complexity index is 599. The second-order valence-electron chi connectivity index (χ2n) is 3.85. The number of aromatic nitrogens is 1. The Morgan fingerprint density at radius 2 is 2.17 bits per heavy atom. The number of anilines is 2. The first kappa shape index (κ1) is 12.0. The van der Waals surface area contributed by atoms with Crippen LogP contribution in [-0.4, -0.2) is 10.9 Å². The van der Waals surface area contributed by atoms with E-state index in [2.05, 4.69) is 10.3 Å². The topological polar surface area (TPSA) is 68.0 Å². The number of nitrogens with zero attached hydrogens (tertiary/aromatic N) is 1. The van der Waals surface area contributed by atoms with Crippen LogP contribution in [0.25, 0.3) is 0 Å². The molecule has 0 aliphatic rings. The van der Waals surface area contributed by atoms with Crippen LogP contribution in [0.2, 0.25) is 0 Å². The van der Waals surface area contributed by atoms with Gasteiger partial charge in [0.05, 0.1) is 5.69 Å². The lowest BCUT2D eigenvalue weighted by molar-refractivity contribution is 0.102. The van der Waals surface area contributed by atoms with Crippen molar-refractivity contribution in [2.75, 3.05) is 11.1 Å². The molecule has 18 heavy (non-hydrogen) atoms. The summed E-state index contributed by atoms with van der Waals surface area (Å²) in [4.78, 5) is 15.8. The summed E-state index contributed by atoms with van der Waals surface area (Å²) in [6.45, 7) is 1.71. The Labute approximate surface area is 104 Å². The predicted octanol–water partition coefficient (Wildman–Crippen LogP) is 2.36. The molecule has 0 saturated heterocycles. The van der Waals surface area contributed by atoms with E-state index >= 15 is 0 Å². The number of benzene rings is 1. The fraction of sp³-hybridized carbons (Fsp3) is 0.0769. The quantitative estimate of drug-likeness (QED) is 0.853. The Balaban J connectivity index is 2.24. The molecule has 4 nitrogen and oxygen atoms in total. The van der Waals surface area contributed by atoms with Gasteiger partial charge in [-0.15, -0.1) is 0 Å². The Morgan fingerprint density at radius 3 is 2.83 bits per heavy atom. The summed E-state index contributed by atoms with van der Waals surface area (Å²) < 4.78 is 12.9. The van der Waals surface area contributed by atoms with Crippen LogP contribution in [-0.2, 0) is 0 Å². The van der Waals surface area contributed by atoms with Crippen LogP contribution in [0, 0.1) is 12.7 Å². The lowest BCUT2D eigenvalue weighted by Crippen LogP contribution is -2.16. The zero-order valence-electron chi connectivity index (χ0n) is 9.77. The van der Waals surface area contributed by atoms with Gasteiger partial charge in [0.1, 0.15) is 5.82 Å². The predicted molar refractivity (Wildman–Crippen MR) is 67.7 cm³/mol. The number of rotatable bonds is 2. The molecule has 0 aliphatic carbocycles. The molecule has 0 radical (unpaired) electrons. The van der Waals surface area contributed by atoms with E-state index < -0.39 is 5.91 Å². The molecular formula is C13H12FN3O. The summed E-state index contributed by atoms with van der Waals surface area (Å²) in [6, 6.07) is 7.37. The van der Waals surface area contributed by atoms with E-state index in [-0.39, 0.29) is 11.5 Å². The molecule has 92 valence electrons. The fourth-order valence-electron chi connectivity index (χ4n) is 1.56. The van der Waals surface area contributed by atoms with Gasteiger partial charge in [-0.25, -0.2) is 9.37 Å². The van der Waals surface area contributed by atoms with Crippen molar-refractivity contribution in [1.29, 1.82) is 0 Å². The van der Waals surface area contributed by atoms with Crippen LogP contribution in [0.3, 0.4) is 0 Å². The maximum absolute atomic E-state index is 12.9. The van der Waals surface area contributed by atoms with Crippen LogP contribution in [0.4, 0.5) is 15.8 Å². The van der Waals surface area contributed by atoms with Crippen molar-refractivity contribution in [3.63, 3.8) is 0 Å². The highest BCUT2D eigenvalue weighted by molar-refractivity contribution is 6.06. The minimum atomic E-state index is -0.414. The number of nitrogens with two attached hydrogens (primary N) is 1. The number of hydrogen-bond acceptors (Lipinski definition) is 3. The zero-order valence-corrected chi connectivity index (χ0v) is 9.77. The van der Waals surface area contributed by atoms with E-state index in [1.807, 2.05) is 0 Å². The summed E-state index contributed by atoms with van der Waals surface area (Å²) in [5.74, 6) is -0.759. The first-order valence-electron chi connectivity index (χ1n) is 5.36. The second-order valence-corrected chi connectivity index (χ2v) is 3.85. The smallest absolute Gasteiger partial charge is 0.276 e. The summed E-state index contributed by atoms with van der Waals surface area (Å²) in [5, 5.41) is 2.65. The number of pyridine rings is 1. The molecule has 1 heterocycles. The van der Waals surface area contributed by atoms with Crippen molar-refractivity contribution in [1.82, 2.24) is 4.98 Å². The standard InChI is InChI=1S/C13H12FN3O/c1-8-7-9(14)4-5-11(8)17-13(18)12-10(15)3-2-6-16-12/h2-7H,15H2,1H3,(H,17,18). The average molecular weight is 245 g/mol. The van der Waals surface area contributed by atoms with Gasteiger partial charge in [-0.2, -0.15) is 0 Å². The lowest BCUT2D eigenvalue weighted by Gasteiger charge is -2.09. The van der Waals surface area contributed by atoms with Gasteiger partial charge in [-0.1, -0.05) is 0 Å². The van der Waals surface area contributed by atoms with E-state index in [0.29, 0.717) is 16.9 Å². The Hall–Kier alpha value is -2.43. The highest BCUT2D eigenvalue weighted by Crippen LogP contribution is 2.17. The van der Waals surface area contributed by atoms with E-state index in [1.165, 1.54) is 24.4 Å². The molecule has 1 amide bonds. The highest BCUT2D eigenvalue weighted by Gasteiger charge is 2.12. The molecule has 0 spiro atoms. The molecule has 3 N–H and O–H groups in total. The van der Waals surface area contributed by atoms with Crippen LogP contribution < -0.4 is 11.1 Å². The van der Waals surface area contributed by atoms with E-state index in [9.17, 15) is 9.18 Å². The number of nitrogen functional groups attached to an aromatic ring is 1. The van der Waals surface area contributed by atoms with Gasteiger partial charge in [0.2, 0.25) is 0 Å². The number of carbonyl (C=O) groups excluding carboxylic acids is 1. The number of carbonyl (C=O) groups is 1. The molecule has 0 atom stereocenters. The molecule has 0 unspecified atom stereocenters. The van der Waals surface area contributed by atoms with Crippen molar-refractivity contribution in [2.45, 2.75) is 6.92 Å². The van der Waals surface area contributed by atoms with Gasteiger partial charge in [0.25, 0.3) is 5.91 Å². The Morgan fingerprint density at radius 1 is 1.39 bits per heavy atom. The molecule has 1 aromatic heterocycles. The normalized spacial score (nSPS) is 10.1. The number of nitrogens with one attached hydrogen (secondary N) is 1. The number of aryl methyl sites for hydroxylation is 1. The SMILES string of the molecule is Cc1cc(F)ccc1NC(=O)c1ncccc1N. The molecule has 0 saturated carbocycles. The molecule has 1 aromatic carbocycles. The van der Waals surface area contributed by atoms with Crippen molar-refractivity contribution >= 4 is 17.3 Å². The second kappa shape index (κ2) is 4.83. The average Bonchev–Trinajstić information content (AvgIpc) is 2.33. The monoisotopic (exact) mass is 245 g/mol. The van der Waals surface area contributed by atoms with Gasteiger partial charge < -0.3 is 11.1 Å². The number of amides is 1. The largest absolute Gasteiger partial charge is 0.397 e. The first-order chi connectivity index (χ1) is 8.58. The third kappa shape index (κ3) is 2.45. The van der Waals surface area contributed by atoms with E-state index in [4.69, 9.17) is 5.73 Å². The van der Waals surface area contributed by atoms with Crippen molar-refractivity contribution in [2.24, 2.45) is 0 Å². The molecule has 2 aromatic rings. The summed E-state index contributed by atoms with van der Waals surface area (Å²) >= 11 is 0. The summed E-state index contributed by atoms with van der Waals surface area (Å²) in [6.07, 6.45) is 1.49. The molecule has 0 fully saturated rings. The van der Waals surface area contributed by atoms with E-state index in [1.54, 1.807) is 19.1 Å². The molecule has 5 heteroatoms. The third-order valence-electron chi connectivity index (χ3n) is 2.49. The molecule has 0 aliphatic heterocycles. The maximum Gasteiger partial charge on any atom is 0.276 e. The van der Waals surface area contributed by atoms with Crippen LogP contribution in [0.5, 0.6) is 0 Å². The highest BCUT2D eigenvalue weighted by atomic mass is 19.1. The minimum absolute atomic E-state index is 0.154. The first-order valence-corrected chi connectivity index (χ1v) is 5.36. The summed E-state index contributed by atoms with van der Waals surface area (Å²) in [7, 11) is 0. The van der Waals surface area contributed by atoms with Gasteiger partial charge in [-0.05, 0) is 42.8 Å². The molecular weight excluding hydrogens is 233 g/mol. The van der Waals surface area contributed by atoms with Crippen LogP contribution in [0.1, 0.15) is 16.1 Å². The van der Waals surface area contributed by atoms with E-state index in [0.717, 1.165) is 0 Å². The zero-order chi connectivity index (χ0) is 13.1. The molecule has 0 bridgehead atoms. The van der Waals surface area contributed by atoms with Gasteiger partial charge in [0, 0.05) is 11.9 Å². The van der Waals surface area contributed by atoms with Gasteiger partial charge >= 0.3 is 0 Å².